The topological polar surface area (TPSA) is 132 Å². The van der Waals surface area contributed by atoms with E-state index in [4.69, 9.17) is 5.11 Å². The van der Waals surface area contributed by atoms with Crippen molar-refractivity contribution in [3.05, 3.63) is 27.4 Å². The summed E-state index contributed by atoms with van der Waals surface area (Å²) in [5, 5.41) is 20.5. The summed E-state index contributed by atoms with van der Waals surface area (Å²) < 4.78 is 0. The predicted molar refractivity (Wildman–Crippen MR) is 73.9 cm³/mol. The molecule has 0 spiro atoms. The highest BCUT2D eigenvalue weighted by Gasteiger charge is 2.30. The van der Waals surface area contributed by atoms with Crippen molar-refractivity contribution in [3.63, 3.8) is 0 Å². The van der Waals surface area contributed by atoms with Crippen LogP contribution in [0.5, 0.6) is 0 Å². The lowest BCUT2D eigenvalue weighted by molar-refractivity contribution is -0.156. The summed E-state index contributed by atoms with van der Waals surface area (Å²) in [6.07, 6.45) is 0.194. The molecular weight excluding hydrogens is 278 g/mol. The molecule has 1 amide bonds. The zero-order valence-electron chi connectivity index (χ0n) is 12.2. The molecule has 21 heavy (non-hydrogen) atoms. The zero-order chi connectivity index (χ0) is 16.2. The van der Waals surface area contributed by atoms with E-state index in [0.717, 1.165) is 6.92 Å². The van der Waals surface area contributed by atoms with E-state index in [-0.39, 0.29) is 18.4 Å². The molecule has 0 saturated carbocycles. The normalized spacial score (nSPS) is 13.5. The van der Waals surface area contributed by atoms with E-state index in [2.05, 4.69) is 15.3 Å². The molecule has 0 radical (unpaired) electrons. The summed E-state index contributed by atoms with van der Waals surface area (Å²) in [6.45, 7) is 4.04. The smallest absolute Gasteiger partial charge is 0.337 e. The van der Waals surface area contributed by atoms with Gasteiger partial charge in [-0.15, -0.1) is 0 Å². The molecule has 1 aromatic heterocycles. The third kappa shape index (κ3) is 4.67. The highest BCUT2D eigenvalue weighted by atomic mass is 16.4. The van der Waals surface area contributed by atoms with Crippen LogP contribution in [-0.4, -0.2) is 44.2 Å². The van der Waals surface area contributed by atoms with Crippen molar-refractivity contribution in [1.82, 2.24) is 15.3 Å². The Morgan fingerprint density at radius 3 is 2.52 bits per heavy atom. The van der Waals surface area contributed by atoms with Gasteiger partial charge in [0.1, 0.15) is 5.82 Å². The van der Waals surface area contributed by atoms with Crippen LogP contribution >= 0.6 is 0 Å². The van der Waals surface area contributed by atoms with Crippen molar-refractivity contribution >= 4 is 11.9 Å². The fourth-order valence-electron chi connectivity index (χ4n) is 1.72. The van der Waals surface area contributed by atoms with E-state index in [1.807, 2.05) is 0 Å². The number of carbonyl (C=O) groups excluding carboxylic acids is 1. The zero-order valence-corrected chi connectivity index (χ0v) is 12.2. The van der Waals surface area contributed by atoms with Gasteiger partial charge in [-0.3, -0.25) is 9.59 Å². The average molecular weight is 297 g/mol. The van der Waals surface area contributed by atoms with Gasteiger partial charge in [-0.25, -0.2) is 9.78 Å². The van der Waals surface area contributed by atoms with Gasteiger partial charge in [0, 0.05) is 17.7 Å². The SMILES string of the molecule is Cc1nc(C)c(CCC(=O)NCC(C)(O)C(=O)O)c(=O)[nH]1. The molecule has 1 aromatic rings. The van der Waals surface area contributed by atoms with Crippen LogP contribution in [0.25, 0.3) is 0 Å². The van der Waals surface area contributed by atoms with E-state index in [9.17, 15) is 19.5 Å². The number of amides is 1. The van der Waals surface area contributed by atoms with Crippen molar-refractivity contribution in [2.75, 3.05) is 6.54 Å². The lowest BCUT2D eigenvalue weighted by Crippen LogP contribution is -2.46. The lowest BCUT2D eigenvalue weighted by Gasteiger charge is -2.18. The molecule has 0 aliphatic heterocycles. The van der Waals surface area contributed by atoms with Gasteiger partial charge in [-0.05, 0) is 27.2 Å². The standard InChI is InChI=1S/C13H19N3O5/c1-7-9(11(18)16-8(2)15-7)4-5-10(17)14-6-13(3,21)12(19)20/h21H,4-6H2,1-3H3,(H,14,17)(H,19,20)(H,15,16,18). The molecule has 0 aliphatic carbocycles. The molecule has 0 fully saturated rings. The number of nitrogens with zero attached hydrogens (tertiary/aromatic N) is 1. The molecule has 0 saturated heterocycles. The van der Waals surface area contributed by atoms with Crippen LogP contribution in [0.3, 0.4) is 0 Å². The molecule has 1 atom stereocenters. The molecular formula is C13H19N3O5. The predicted octanol–water partition coefficient (Wildman–Crippen LogP) is -0.729. The molecule has 4 N–H and O–H groups in total. The number of carboxylic acids is 1. The van der Waals surface area contributed by atoms with Crippen LogP contribution in [0, 0.1) is 13.8 Å². The number of aryl methyl sites for hydroxylation is 2. The molecule has 0 aliphatic rings. The highest BCUT2D eigenvalue weighted by Crippen LogP contribution is 2.04. The Labute approximate surface area is 121 Å². The molecule has 0 aromatic carbocycles. The van der Waals surface area contributed by atoms with Crippen LogP contribution in [0.4, 0.5) is 0 Å². The van der Waals surface area contributed by atoms with Crippen molar-refractivity contribution in [2.24, 2.45) is 0 Å². The van der Waals surface area contributed by atoms with Crippen molar-refractivity contribution < 1.29 is 19.8 Å². The number of H-pyrrole nitrogens is 1. The first kappa shape index (κ1) is 16.8. The fraction of sp³-hybridized carbons (Fsp3) is 0.538. The maximum absolute atomic E-state index is 11.7. The second kappa shape index (κ2) is 6.49. The average Bonchev–Trinajstić information content (AvgIpc) is 2.35. The van der Waals surface area contributed by atoms with Gasteiger partial charge in [0.15, 0.2) is 5.60 Å². The second-order valence-corrected chi connectivity index (χ2v) is 5.07. The summed E-state index contributed by atoms with van der Waals surface area (Å²) in [7, 11) is 0. The number of carbonyl (C=O) groups is 2. The van der Waals surface area contributed by atoms with E-state index >= 15 is 0 Å². The van der Waals surface area contributed by atoms with Gasteiger partial charge >= 0.3 is 5.97 Å². The van der Waals surface area contributed by atoms with Gasteiger partial charge in [-0.1, -0.05) is 0 Å². The van der Waals surface area contributed by atoms with Crippen molar-refractivity contribution in [1.29, 1.82) is 0 Å². The van der Waals surface area contributed by atoms with E-state index in [0.29, 0.717) is 17.1 Å². The van der Waals surface area contributed by atoms with Gasteiger partial charge in [0.05, 0.1) is 6.54 Å². The molecule has 116 valence electrons. The largest absolute Gasteiger partial charge is 0.479 e. The molecule has 8 nitrogen and oxygen atoms in total. The minimum Gasteiger partial charge on any atom is -0.479 e. The number of hydrogen-bond acceptors (Lipinski definition) is 5. The number of hydrogen-bond donors (Lipinski definition) is 4. The number of nitrogens with one attached hydrogen (secondary N) is 2. The van der Waals surface area contributed by atoms with Crippen LogP contribution in [-0.2, 0) is 16.0 Å². The van der Waals surface area contributed by atoms with Gasteiger partial charge < -0.3 is 20.5 Å². The highest BCUT2D eigenvalue weighted by molar-refractivity contribution is 5.80. The van der Waals surface area contributed by atoms with Crippen LogP contribution in [0.1, 0.15) is 30.4 Å². The first-order valence-corrected chi connectivity index (χ1v) is 6.42. The molecule has 8 heteroatoms. The van der Waals surface area contributed by atoms with E-state index in [1.165, 1.54) is 0 Å². The number of rotatable bonds is 6. The van der Waals surface area contributed by atoms with Gasteiger partial charge in [0.25, 0.3) is 5.56 Å². The Morgan fingerprint density at radius 1 is 1.38 bits per heavy atom. The van der Waals surface area contributed by atoms with Crippen molar-refractivity contribution in [2.45, 2.75) is 39.2 Å². The van der Waals surface area contributed by atoms with Crippen LogP contribution in [0.2, 0.25) is 0 Å². The molecule has 1 unspecified atom stereocenters. The second-order valence-electron chi connectivity index (χ2n) is 5.07. The first-order chi connectivity index (χ1) is 9.63. The summed E-state index contributed by atoms with van der Waals surface area (Å²) in [6, 6.07) is 0. The summed E-state index contributed by atoms with van der Waals surface area (Å²) >= 11 is 0. The number of aromatic amines is 1. The number of aliphatic hydroxyl groups is 1. The minimum absolute atomic E-state index is 0.00433. The van der Waals surface area contributed by atoms with Crippen LogP contribution in [0.15, 0.2) is 4.79 Å². The maximum atomic E-state index is 11.7. The van der Waals surface area contributed by atoms with Crippen molar-refractivity contribution in [3.8, 4) is 0 Å². The third-order valence-electron chi connectivity index (χ3n) is 3.03. The Hall–Kier alpha value is -2.22. The van der Waals surface area contributed by atoms with E-state index in [1.54, 1.807) is 13.8 Å². The Morgan fingerprint density at radius 2 is 2.00 bits per heavy atom. The van der Waals surface area contributed by atoms with Crippen LogP contribution < -0.4 is 10.9 Å². The number of carboxylic acid groups (broad SMARTS) is 1. The number of aromatic nitrogens is 2. The molecule has 0 bridgehead atoms. The quantitative estimate of drug-likeness (QED) is 0.547. The number of aliphatic carboxylic acids is 1. The summed E-state index contributed by atoms with van der Waals surface area (Å²) in [5.74, 6) is -1.36. The molecule has 1 rings (SSSR count). The Kier molecular flexibility index (Phi) is 5.20. The first-order valence-electron chi connectivity index (χ1n) is 6.42. The Balaban J connectivity index is 2.59. The minimum atomic E-state index is -2.02. The molecule has 1 heterocycles. The Bertz CT molecular complexity index is 606. The summed E-state index contributed by atoms with van der Waals surface area (Å²) in [4.78, 5) is 40.7. The van der Waals surface area contributed by atoms with Gasteiger partial charge in [-0.2, -0.15) is 0 Å². The monoisotopic (exact) mass is 297 g/mol. The fourth-order valence-corrected chi connectivity index (χ4v) is 1.72. The third-order valence-corrected chi connectivity index (χ3v) is 3.03. The lowest BCUT2D eigenvalue weighted by atomic mass is 10.1. The summed E-state index contributed by atoms with van der Waals surface area (Å²) in [5.41, 5.74) is -1.33. The van der Waals surface area contributed by atoms with Gasteiger partial charge in [0.2, 0.25) is 5.91 Å². The van der Waals surface area contributed by atoms with E-state index < -0.39 is 24.0 Å². The maximum Gasteiger partial charge on any atom is 0.337 e.